The van der Waals surface area contributed by atoms with Crippen molar-refractivity contribution in [2.24, 2.45) is 0 Å². The molecule has 3 nitrogen and oxygen atoms in total. The fraction of sp³-hybridized carbons (Fsp3) is 0.214. The number of carbonyl (C=O) groups is 1. The molecule has 0 unspecified atom stereocenters. The van der Waals surface area contributed by atoms with Gasteiger partial charge in [-0.1, -0.05) is 11.6 Å². The van der Waals surface area contributed by atoms with Crippen LogP contribution < -0.4 is 5.32 Å². The van der Waals surface area contributed by atoms with Gasteiger partial charge in [0.05, 0.1) is 12.3 Å². The quantitative estimate of drug-likeness (QED) is 0.917. The highest BCUT2D eigenvalue weighted by Crippen LogP contribution is 2.23. The van der Waals surface area contributed by atoms with Gasteiger partial charge >= 0.3 is 0 Å². The van der Waals surface area contributed by atoms with Gasteiger partial charge in [-0.3, -0.25) is 4.79 Å². The molecular weight excluding hydrogens is 282 g/mol. The molecule has 19 heavy (non-hydrogen) atoms. The summed E-state index contributed by atoms with van der Waals surface area (Å²) in [6.07, 6.45) is 1.89. The number of thioether (sulfide) groups is 1. The Kier molecular flexibility index (Phi) is 4.93. The van der Waals surface area contributed by atoms with Crippen LogP contribution in [0.1, 0.15) is 5.76 Å². The van der Waals surface area contributed by atoms with E-state index in [0.29, 0.717) is 17.3 Å². The number of nitrogens with one attached hydrogen (secondary N) is 1. The molecule has 1 aromatic heterocycles. The van der Waals surface area contributed by atoms with Gasteiger partial charge in [-0.2, -0.15) is 11.8 Å². The van der Waals surface area contributed by atoms with Gasteiger partial charge in [-0.05, 0) is 42.7 Å². The number of hydrogen-bond donors (Lipinski definition) is 1. The Morgan fingerprint density at radius 3 is 2.68 bits per heavy atom. The minimum atomic E-state index is 0.0111. The second-order valence-electron chi connectivity index (χ2n) is 3.98. The first-order valence-corrected chi connectivity index (χ1v) is 7.56. The number of rotatable bonds is 5. The molecule has 100 valence electrons. The van der Waals surface area contributed by atoms with Crippen LogP contribution in [-0.4, -0.2) is 17.9 Å². The predicted molar refractivity (Wildman–Crippen MR) is 79.4 cm³/mol. The molecule has 0 radical (unpaired) electrons. The number of halogens is 1. The molecular formula is C14H14ClNO2S. The average Bonchev–Trinajstić information content (AvgIpc) is 2.86. The van der Waals surface area contributed by atoms with Crippen molar-refractivity contribution >= 4 is 29.3 Å². The van der Waals surface area contributed by atoms with Crippen LogP contribution in [0.5, 0.6) is 0 Å². The molecule has 0 spiro atoms. The van der Waals surface area contributed by atoms with Crippen LogP contribution in [0.4, 0.5) is 0 Å². The van der Waals surface area contributed by atoms with Crippen molar-refractivity contribution in [2.45, 2.75) is 6.54 Å². The minimum Gasteiger partial charge on any atom is -0.459 e. The van der Waals surface area contributed by atoms with Gasteiger partial charge in [0, 0.05) is 10.6 Å². The number of carbonyl (C=O) groups excluding carboxylic acids is 1. The van der Waals surface area contributed by atoms with E-state index < -0.39 is 0 Å². The van der Waals surface area contributed by atoms with E-state index in [1.165, 1.54) is 11.8 Å². The van der Waals surface area contributed by atoms with Gasteiger partial charge in [-0.15, -0.1) is 0 Å². The molecule has 2 rings (SSSR count). The molecule has 0 atom stereocenters. The third-order valence-electron chi connectivity index (χ3n) is 2.53. The minimum absolute atomic E-state index is 0.0111. The van der Waals surface area contributed by atoms with E-state index in [2.05, 4.69) is 5.32 Å². The standard InChI is InChI=1S/C14H14ClNO2S/c1-19-9-14(17)16-8-12-6-7-13(18-12)10-2-4-11(15)5-3-10/h2-7H,8-9H2,1H3,(H,16,17). The van der Waals surface area contributed by atoms with Crippen molar-refractivity contribution in [1.29, 1.82) is 0 Å². The maximum absolute atomic E-state index is 11.3. The normalized spacial score (nSPS) is 10.4. The highest BCUT2D eigenvalue weighted by molar-refractivity contribution is 7.99. The van der Waals surface area contributed by atoms with Crippen LogP contribution in [-0.2, 0) is 11.3 Å². The zero-order valence-electron chi connectivity index (χ0n) is 10.5. The van der Waals surface area contributed by atoms with Gasteiger partial charge in [0.2, 0.25) is 5.91 Å². The summed E-state index contributed by atoms with van der Waals surface area (Å²) >= 11 is 7.33. The third-order valence-corrected chi connectivity index (χ3v) is 3.33. The van der Waals surface area contributed by atoms with E-state index in [9.17, 15) is 4.79 Å². The maximum Gasteiger partial charge on any atom is 0.230 e. The fourth-order valence-electron chi connectivity index (χ4n) is 1.61. The van der Waals surface area contributed by atoms with Crippen LogP contribution in [0, 0.1) is 0 Å². The van der Waals surface area contributed by atoms with Crippen LogP contribution in [0.2, 0.25) is 5.02 Å². The number of benzene rings is 1. The Morgan fingerprint density at radius 2 is 2.00 bits per heavy atom. The Balaban J connectivity index is 1.99. The van der Waals surface area contributed by atoms with E-state index in [1.807, 2.05) is 42.7 Å². The molecule has 5 heteroatoms. The van der Waals surface area contributed by atoms with E-state index in [4.69, 9.17) is 16.0 Å². The van der Waals surface area contributed by atoms with Gasteiger partial charge in [0.15, 0.2) is 0 Å². The van der Waals surface area contributed by atoms with Gasteiger partial charge in [0.25, 0.3) is 0 Å². The molecule has 0 saturated heterocycles. The fourth-order valence-corrected chi connectivity index (χ4v) is 2.10. The molecule has 1 aromatic carbocycles. The molecule has 1 N–H and O–H groups in total. The van der Waals surface area contributed by atoms with E-state index in [-0.39, 0.29) is 5.91 Å². The lowest BCUT2D eigenvalue weighted by molar-refractivity contribution is -0.118. The van der Waals surface area contributed by atoms with E-state index >= 15 is 0 Å². The second kappa shape index (κ2) is 6.68. The van der Waals surface area contributed by atoms with Gasteiger partial charge < -0.3 is 9.73 Å². The molecule has 0 aliphatic carbocycles. The zero-order valence-corrected chi connectivity index (χ0v) is 12.1. The monoisotopic (exact) mass is 295 g/mol. The summed E-state index contributed by atoms with van der Waals surface area (Å²) in [6, 6.07) is 11.2. The molecule has 0 bridgehead atoms. The summed E-state index contributed by atoms with van der Waals surface area (Å²) in [4.78, 5) is 11.3. The molecule has 2 aromatic rings. The lowest BCUT2D eigenvalue weighted by atomic mass is 10.2. The topological polar surface area (TPSA) is 42.2 Å². The Bertz CT molecular complexity index is 551. The van der Waals surface area contributed by atoms with Crippen molar-refractivity contribution in [3.05, 3.63) is 47.2 Å². The van der Waals surface area contributed by atoms with Crippen molar-refractivity contribution in [3.63, 3.8) is 0 Å². The lowest BCUT2D eigenvalue weighted by Gasteiger charge is -2.01. The van der Waals surface area contributed by atoms with Crippen molar-refractivity contribution < 1.29 is 9.21 Å². The van der Waals surface area contributed by atoms with Crippen LogP contribution in [0.3, 0.4) is 0 Å². The van der Waals surface area contributed by atoms with Crippen LogP contribution in [0.25, 0.3) is 11.3 Å². The SMILES string of the molecule is CSCC(=O)NCc1ccc(-c2ccc(Cl)cc2)o1. The molecule has 0 fully saturated rings. The number of hydrogen-bond acceptors (Lipinski definition) is 3. The lowest BCUT2D eigenvalue weighted by Crippen LogP contribution is -2.24. The van der Waals surface area contributed by atoms with Crippen molar-refractivity contribution in [3.8, 4) is 11.3 Å². The highest BCUT2D eigenvalue weighted by atomic mass is 35.5. The Hall–Kier alpha value is -1.39. The zero-order chi connectivity index (χ0) is 13.7. The summed E-state index contributed by atoms with van der Waals surface area (Å²) < 4.78 is 5.67. The van der Waals surface area contributed by atoms with E-state index in [0.717, 1.165) is 17.1 Å². The first-order chi connectivity index (χ1) is 9.19. The summed E-state index contributed by atoms with van der Waals surface area (Å²) in [5.41, 5.74) is 0.964. The second-order valence-corrected chi connectivity index (χ2v) is 5.29. The molecule has 0 aliphatic heterocycles. The summed E-state index contributed by atoms with van der Waals surface area (Å²) in [5.74, 6) is 1.98. The summed E-state index contributed by atoms with van der Waals surface area (Å²) in [7, 11) is 0. The molecule has 1 amide bonds. The van der Waals surface area contributed by atoms with Gasteiger partial charge in [-0.25, -0.2) is 0 Å². The number of amides is 1. The first kappa shape index (κ1) is 14.0. The maximum atomic E-state index is 11.3. The van der Waals surface area contributed by atoms with Crippen LogP contribution >= 0.6 is 23.4 Å². The average molecular weight is 296 g/mol. The number of furan rings is 1. The first-order valence-electron chi connectivity index (χ1n) is 5.79. The molecule has 1 heterocycles. The molecule has 0 saturated carbocycles. The largest absolute Gasteiger partial charge is 0.459 e. The van der Waals surface area contributed by atoms with E-state index in [1.54, 1.807) is 0 Å². The van der Waals surface area contributed by atoms with Crippen molar-refractivity contribution in [1.82, 2.24) is 5.32 Å². The Morgan fingerprint density at radius 1 is 1.26 bits per heavy atom. The summed E-state index contributed by atoms with van der Waals surface area (Å²) in [5, 5.41) is 3.49. The smallest absolute Gasteiger partial charge is 0.230 e. The predicted octanol–water partition coefficient (Wildman–Crippen LogP) is 3.58. The van der Waals surface area contributed by atoms with Crippen molar-refractivity contribution in [2.75, 3.05) is 12.0 Å². The Labute approximate surface area is 121 Å². The summed E-state index contributed by atoms with van der Waals surface area (Å²) in [6.45, 7) is 0.410. The highest BCUT2D eigenvalue weighted by Gasteiger charge is 2.06. The third kappa shape index (κ3) is 4.04. The van der Waals surface area contributed by atoms with Gasteiger partial charge in [0.1, 0.15) is 11.5 Å². The molecule has 0 aliphatic rings. The van der Waals surface area contributed by atoms with Crippen LogP contribution in [0.15, 0.2) is 40.8 Å².